The molecule has 0 aliphatic carbocycles. The molecule has 0 saturated heterocycles. The van der Waals surface area contributed by atoms with Crippen LogP contribution in [0, 0.1) is 0 Å². The molecule has 0 aliphatic heterocycles. The summed E-state index contributed by atoms with van der Waals surface area (Å²) in [7, 11) is -0.573. The number of para-hydroxylation sites is 1. The molecule has 1 unspecified atom stereocenters. The summed E-state index contributed by atoms with van der Waals surface area (Å²) >= 11 is 0. The lowest BCUT2D eigenvalue weighted by Crippen LogP contribution is -2.44. The van der Waals surface area contributed by atoms with Crippen LogP contribution in [0.4, 0.5) is 0 Å². The number of esters is 1. The second-order valence-corrected chi connectivity index (χ2v) is 11.5. The molecule has 0 radical (unpaired) electrons. The minimum Gasteiger partial charge on any atom is -0.543 e. The van der Waals surface area contributed by atoms with Crippen molar-refractivity contribution in [1.82, 2.24) is 0 Å². The SMILES string of the molecule is COC(=O)C(N)Cc1ccccc1O[Si](C)(C)C(C)(C)C. The van der Waals surface area contributed by atoms with Crippen molar-refractivity contribution in [3.8, 4) is 5.75 Å². The topological polar surface area (TPSA) is 61.5 Å². The molecule has 0 aromatic heterocycles. The Hall–Kier alpha value is -1.33. The number of carbonyl (C=O) groups is 1. The van der Waals surface area contributed by atoms with Gasteiger partial charge in [-0.05, 0) is 29.8 Å². The van der Waals surface area contributed by atoms with Crippen LogP contribution in [0.25, 0.3) is 0 Å². The van der Waals surface area contributed by atoms with E-state index in [0.29, 0.717) is 6.42 Å². The van der Waals surface area contributed by atoms with Gasteiger partial charge in [0.2, 0.25) is 8.32 Å². The Morgan fingerprint density at radius 1 is 1.29 bits per heavy atom. The van der Waals surface area contributed by atoms with Gasteiger partial charge in [-0.1, -0.05) is 39.0 Å². The quantitative estimate of drug-likeness (QED) is 0.670. The number of hydrogen-bond acceptors (Lipinski definition) is 4. The zero-order chi connectivity index (χ0) is 16.3. The van der Waals surface area contributed by atoms with E-state index in [4.69, 9.17) is 10.2 Å². The van der Waals surface area contributed by atoms with E-state index >= 15 is 0 Å². The van der Waals surface area contributed by atoms with Crippen LogP contribution in [-0.4, -0.2) is 27.4 Å². The van der Waals surface area contributed by atoms with E-state index in [9.17, 15) is 4.79 Å². The van der Waals surface area contributed by atoms with Crippen LogP contribution < -0.4 is 10.2 Å². The highest BCUT2D eigenvalue weighted by Gasteiger charge is 2.39. The molecule has 2 N–H and O–H groups in total. The maximum absolute atomic E-state index is 11.5. The Bertz CT molecular complexity index is 495. The monoisotopic (exact) mass is 309 g/mol. The number of rotatable bonds is 5. The lowest BCUT2D eigenvalue weighted by molar-refractivity contribution is -0.142. The predicted octanol–water partition coefficient (Wildman–Crippen LogP) is 3.11. The number of ether oxygens (including phenoxy) is 1. The molecule has 0 spiro atoms. The van der Waals surface area contributed by atoms with Crippen molar-refractivity contribution in [2.75, 3.05) is 7.11 Å². The molecule has 5 heteroatoms. The van der Waals surface area contributed by atoms with Crippen molar-refractivity contribution in [1.29, 1.82) is 0 Å². The number of benzene rings is 1. The molecule has 0 aliphatic rings. The first-order valence-corrected chi connectivity index (χ1v) is 10.1. The Morgan fingerprint density at radius 2 is 1.86 bits per heavy atom. The standard InChI is InChI=1S/C16H27NO3Si/c1-16(2,3)21(5,6)20-14-10-8-7-9-12(14)11-13(17)15(18)19-4/h7-10,13H,11,17H2,1-6H3. The highest BCUT2D eigenvalue weighted by atomic mass is 28.4. The molecule has 0 bridgehead atoms. The molecule has 21 heavy (non-hydrogen) atoms. The Balaban J connectivity index is 2.98. The van der Waals surface area contributed by atoms with E-state index in [0.717, 1.165) is 11.3 Å². The van der Waals surface area contributed by atoms with Gasteiger partial charge in [0.1, 0.15) is 11.8 Å². The average molecular weight is 309 g/mol. The van der Waals surface area contributed by atoms with Gasteiger partial charge in [0.25, 0.3) is 0 Å². The maximum Gasteiger partial charge on any atom is 0.322 e. The summed E-state index contributed by atoms with van der Waals surface area (Å²) in [4.78, 5) is 11.5. The molecule has 1 aromatic rings. The second kappa shape index (κ2) is 6.62. The molecule has 1 atom stereocenters. The third-order valence-electron chi connectivity index (χ3n) is 4.09. The summed E-state index contributed by atoms with van der Waals surface area (Å²) in [5, 5.41) is 0.116. The normalized spacial score (nSPS) is 13.7. The van der Waals surface area contributed by atoms with E-state index in [-0.39, 0.29) is 5.04 Å². The Morgan fingerprint density at radius 3 is 2.38 bits per heavy atom. The number of methoxy groups -OCH3 is 1. The first kappa shape index (κ1) is 17.7. The molecule has 0 amide bonds. The second-order valence-electron chi connectivity index (χ2n) is 6.80. The van der Waals surface area contributed by atoms with Crippen LogP contribution in [0.3, 0.4) is 0 Å². The molecule has 1 rings (SSSR count). The van der Waals surface area contributed by atoms with Crippen LogP contribution in [0.2, 0.25) is 18.1 Å². The summed E-state index contributed by atoms with van der Waals surface area (Å²) in [5.74, 6) is 0.417. The van der Waals surface area contributed by atoms with Gasteiger partial charge < -0.3 is 14.9 Å². The van der Waals surface area contributed by atoms with Gasteiger partial charge in [0.05, 0.1) is 7.11 Å². The van der Waals surface area contributed by atoms with Crippen molar-refractivity contribution in [3.05, 3.63) is 29.8 Å². The van der Waals surface area contributed by atoms with Gasteiger partial charge >= 0.3 is 5.97 Å². The third-order valence-corrected chi connectivity index (χ3v) is 8.43. The smallest absolute Gasteiger partial charge is 0.322 e. The van der Waals surface area contributed by atoms with E-state index in [1.54, 1.807) is 0 Å². The van der Waals surface area contributed by atoms with Crippen molar-refractivity contribution >= 4 is 14.3 Å². The minimum atomic E-state index is -1.92. The zero-order valence-corrected chi connectivity index (χ0v) is 14.9. The van der Waals surface area contributed by atoms with Gasteiger partial charge in [0.15, 0.2) is 0 Å². The van der Waals surface area contributed by atoms with Gasteiger partial charge in [-0.25, -0.2) is 0 Å². The average Bonchev–Trinajstić information content (AvgIpc) is 2.38. The Labute approximate surface area is 128 Å². The first-order chi connectivity index (χ1) is 9.58. The van der Waals surface area contributed by atoms with Crippen LogP contribution in [-0.2, 0) is 16.0 Å². The fourth-order valence-electron chi connectivity index (χ4n) is 1.67. The summed E-state index contributed by atoms with van der Waals surface area (Å²) < 4.78 is 11.0. The lowest BCUT2D eigenvalue weighted by Gasteiger charge is -2.37. The lowest BCUT2D eigenvalue weighted by atomic mass is 10.1. The molecule has 0 saturated carbocycles. The molecule has 0 fully saturated rings. The van der Waals surface area contributed by atoms with Gasteiger partial charge in [-0.2, -0.15) is 0 Å². The minimum absolute atomic E-state index is 0.116. The number of nitrogens with two attached hydrogens (primary N) is 1. The van der Waals surface area contributed by atoms with E-state index in [1.807, 2.05) is 24.3 Å². The van der Waals surface area contributed by atoms with Gasteiger partial charge in [-0.15, -0.1) is 0 Å². The zero-order valence-electron chi connectivity index (χ0n) is 13.9. The fraction of sp³-hybridized carbons (Fsp3) is 0.562. The molecular formula is C16H27NO3Si. The fourth-order valence-corrected chi connectivity index (χ4v) is 2.73. The highest BCUT2D eigenvalue weighted by Crippen LogP contribution is 2.38. The van der Waals surface area contributed by atoms with E-state index < -0.39 is 20.3 Å². The summed E-state index contributed by atoms with van der Waals surface area (Å²) in [6.07, 6.45) is 0.414. The van der Waals surface area contributed by atoms with E-state index in [1.165, 1.54) is 7.11 Å². The summed E-state index contributed by atoms with van der Waals surface area (Å²) in [5.41, 5.74) is 6.80. The van der Waals surface area contributed by atoms with Crippen LogP contribution >= 0.6 is 0 Å². The van der Waals surface area contributed by atoms with Gasteiger partial charge in [0, 0.05) is 6.42 Å². The van der Waals surface area contributed by atoms with Crippen molar-refractivity contribution in [2.24, 2.45) is 5.73 Å². The number of carbonyl (C=O) groups excluding carboxylic acids is 1. The van der Waals surface area contributed by atoms with E-state index in [2.05, 4.69) is 38.6 Å². The largest absolute Gasteiger partial charge is 0.543 e. The molecule has 118 valence electrons. The predicted molar refractivity (Wildman–Crippen MR) is 88.0 cm³/mol. The van der Waals surface area contributed by atoms with Crippen LogP contribution in [0.15, 0.2) is 24.3 Å². The first-order valence-electron chi connectivity index (χ1n) is 7.19. The third kappa shape index (κ3) is 4.57. The molecule has 4 nitrogen and oxygen atoms in total. The van der Waals surface area contributed by atoms with Crippen molar-refractivity contribution < 1.29 is 14.0 Å². The van der Waals surface area contributed by atoms with Crippen LogP contribution in [0.5, 0.6) is 5.75 Å². The molecule has 0 heterocycles. The van der Waals surface area contributed by atoms with Gasteiger partial charge in [-0.3, -0.25) is 4.79 Å². The molecule has 1 aromatic carbocycles. The van der Waals surface area contributed by atoms with Crippen LogP contribution in [0.1, 0.15) is 26.3 Å². The summed E-state index contributed by atoms with van der Waals surface area (Å²) in [6, 6.07) is 7.10. The van der Waals surface area contributed by atoms with Crippen molar-refractivity contribution in [2.45, 2.75) is 51.4 Å². The Kier molecular flexibility index (Phi) is 5.59. The van der Waals surface area contributed by atoms with Crippen molar-refractivity contribution in [3.63, 3.8) is 0 Å². The highest BCUT2D eigenvalue weighted by molar-refractivity contribution is 6.74. The molecular weight excluding hydrogens is 282 g/mol. The summed E-state index contributed by atoms with van der Waals surface area (Å²) in [6.45, 7) is 11.0. The number of hydrogen-bond donors (Lipinski definition) is 1. The maximum atomic E-state index is 11.5.